The van der Waals surface area contributed by atoms with Crippen LogP contribution in [-0.2, 0) is 18.7 Å². The maximum absolute atomic E-state index is 6.28. The molecular weight excluding hydrogens is 413 g/mol. The van der Waals surface area contributed by atoms with E-state index in [0.29, 0.717) is 15.8 Å². The van der Waals surface area contributed by atoms with Crippen molar-refractivity contribution < 1.29 is 4.74 Å². The van der Waals surface area contributed by atoms with Crippen LogP contribution in [0.15, 0.2) is 47.6 Å². The molecule has 0 radical (unpaired) electrons. The van der Waals surface area contributed by atoms with Crippen LogP contribution in [-0.4, -0.2) is 14.8 Å². The van der Waals surface area contributed by atoms with E-state index in [1.165, 1.54) is 5.56 Å². The van der Waals surface area contributed by atoms with Crippen LogP contribution in [0.2, 0.25) is 10.0 Å². The minimum atomic E-state index is -0.201. The number of halogens is 2. The van der Waals surface area contributed by atoms with Gasteiger partial charge in [-0.25, -0.2) is 0 Å². The van der Waals surface area contributed by atoms with Gasteiger partial charge in [-0.3, -0.25) is 0 Å². The van der Waals surface area contributed by atoms with Gasteiger partial charge in [0.2, 0.25) is 0 Å². The zero-order valence-electron chi connectivity index (χ0n) is 16.2. The zero-order valence-corrected chi connectivity index (χ0v) is 18.5. The van der Waals surface area contributed by atoms with Crippen molar-refractivity contribution in [2.24, 2.45) is 0 Å². The Bertz CT molecular complexity index is 928. The lowest BCUT2D eigenvalue weighted by molar-refractivity contribution is 0.210. The normalized spacial score (nSPS) is 12.2. The number of nitrogens with zero attached hydrogens (tertiary/aromatic N) is 3. The van der Waals surface area contributed by atoms with Crippen molar-refractivity contribution in [3.05, 3.63) is 69.5 Å². The summed E-state index contributed by atoms with van der Waals surface area (Å²) in [4.78, 5) is 0. The number of aromatic nitrogens is 3. The number of hydrogen-bond donors (Lipinski definition) is 0. The van der Waals surface area contributed by atoms with Crippen LogP contribution in [0.4, 0.5) is 0 Å². The van der Waals surface area contributed by atoms with Crippen LogP contribution in [0.5, 0.6) is 5.75 Å². The summed E-state index contributed by atoms with van der Waals surface area (Å²) in [5, 5.41) is 10.9. The van der Waals surface area contributed by atoms with Gasteiger partial charge in [0.25, 0.3) is 0 Å². The lowest BCUT2D eigenvalue weighted by Gasteiger charge is -2.16. The molecule has 3 aromatic rings. The minimum absolute atomic E-state index is 0.201. The number of rotatable bonds is 8. The highest BCUT2D eigenvalue weighted by atomic mass is 35.5. The first kappa shape index (κ1) is 21.0. The van der Waals surface area contributed by atoms with Crippen LogP contribution >= 0.6 is 35.0 Å². The van der Waals surface area contributed by atoms with E-state index in [1.54, 1.807) is 17.8 Å². The lowest BCUT2D eigenvalue weighted by atomic mass is 10.2. The summed E-state index contributed by atoms with van der Waals surface area (Å²) in [6, 6.07) is 13.7. The van der Waals surface area contributed by atoms with Crippen molar-refractivity contribution in [2.45, 2.75) is 50.8 Å². The van der Waals surface area contributed by atoms with Crippen molar-refractivity contribution >= 4 is 35.0 Å². The van der Waals surface area contributed by atoms with Gasteiger partial charge in [-0.1, -0.05) is 60.1 Å². The largest absolute Gasteiger partial charge is 0.483 e. The third-order valence-corrected chi connectivity index (χ3v) is 6.04. The maximum atomic E-state index is 6.28. The van der Waals surface area contributed by atoms with E-state index in [1.807, 2.05) is 31.2 Å². The van der Waals surface area contributed by atoms with Crippen LogP contribution < -0.4 is 4.74 Å². The molecule has 28 heavy (non-hydrogen) atoms. The molecule has 3 rings (SSSR count). The second-order valence-corrected chi connectivity index (χ2v) is 8.15. The fourth-order valence-corrected chi connectivity index (χ4v) is 4.41. The predicted octanol–water partition coefficient (Wildman–Crippen LogP) is 6.60. The summed E-state index contributed by atoms with van der Waals surface area (Å²) in [5.41, 5.74) is 2.31. The number of aryl methyl sites for hydroxylation is 1. The van der Waals surface area contributed by atoms with Gasteiger partial charge >= 0.3 is 0 Å². The van der Waals surface area contributed by atoms with E-state index < -0.39 is 0 Å². The molecule has 1 atom stereocenters. The molecule has 1 aromatic heterocycles. The first-order valence-electron chi connectivity index (χ1n) is 9.27. The molecule has 7 heteroatoms. The Kier molecular flexibility index (Phi) is 7.27. The van der Waals surface area contributed by atoms with Crippen molar-refractivity contribution in [1.82, 2.24) is 14.8 Å². The summed E-state index contributed by atoms with van der Waals surface area (Å²) in [7, 11) is 0. The molecule has 0 saturated heterocycles. The average Bonchev–Trinajstić information content (AvgIpc) is 3.11. The summed E-state index contributed by atoms with van der Waals surface area (Å²) in [6.45, 7) is 6.98. The first-order valence-corrected chi connectivity index (χ1v) is 11.0. The second-order valence-electron chi connectivity index (χ2n) is 6.37. The quantitative estimate of drug-likeness (QED) is 0.373. The number of benzene rings is 2. The number of ether oxygens (including phenoxy) is 1. The highest BCUT2D eigenvalue weighted by Crippen LogP contribution is 2.30. The maximum Gasteiger partial charge on any atom is 0.191 e. The highest BCUT2D eigenvalue weighted by molar-refractivity contribution is 7.98. The Balaban J connectivity index is 1.71. The molecule has 1 heterocycles. The molecule has 2 aromatic carbocycles. The van der Waals surface area contributed by atoms with Crippen LogP contribution in [0, 0.1) is 0 Å². The highest BCUT2D eigenvalue weighted by Gasteiger charge is 2.19. The average molecular weight is 436 g/mol. The van der Waals surface area contributed by atoms with Crippen molar-refractivity contribution in [1.29, 1.82) is 0 Å². The molecule has 0 N–H and O–H groups in total. The van der Waals surface area contributed by atoms with E-state index in [2.05, 4.69) is 40.7 Å². The molecule has 0 saturated carbocycles. The summed E-state index contributed by atoms with van der Waals surface area (Å²) in [5.74, 6) is 2.34. The molecule has 148 valence electrons. The van der Waals surface area contributed by atoms with Gasteiger partial charge in [0.15, 0.2) is 17.1 Å². The number of thioether (sulfide) groups is 1. The monoisotopic (exact) mass is 435 g/mol. The predicted molar refractivity (Wildman–Crippen MR) is 117 cm³/mol. The molecule has 1 unspecified atom stereocenters. The van der Waals surface area contributed by atoms with E-state index in [9.17, 15) is 0 Å². The van der Waals surface area contributed by atoms with E-state index in [-0.39, 0.29) is 6.10 Å². The fourth-order valence-electron chi connectivity index (χ4n) is 2.85. The van der Waals surface area contributed by atoms with Crippen LogP contribution in [0.25, 0.3) is 0 Å². The number of hydrogen-bond acceptors (Lipinski definition) is 4. The fraction of sp³-hybridized carbons (Fsp3) is 0.333. The molecule has 0 fully saturated rings. The first-order chi connectivity index (χ1) is 13.5. The molecule has 0 bridgehead atoms. The molecule has 0 aliphatic heterocycles. The topological polar surface area (TPSA) is 39.9 Å². The molecule has 0 aliphatic carbocycles. The third-order valence-electron chi connectivity index (χ3n) is 4.44. The van der Waals surface area contributed by atoms with Crippen LogP contribution in [0.3, 0.4) is 0 Å². The Morgan fingerprint density at radius 1 is 1.07 bits per heavy atom. The minimum Gasteiger partial charge on any atom is -0.483 e. The molecule has 4 nitrogen and oxygen atoms in total. The third kappa shape index (κ3) is 5.02. The Morgan fingerprint density at radius 3 is 2.46 bits per heavy atom. The van der Waals surface area contributed by atoms with Gasteiger partial charge in [0, 0.05) is 22.3 Å². The smallest absolute Gasteiger partial charge is 0.191 e. The Labute approximate surface area is 180 Å². The SMILES string of the molecule is CCc1ccc(OC(C)c2nnc(SCc3ccc(Cl)cc3Cl)n2CC)cc1. The summed E-state index contributed by atoms with van der Waals surface area (Å²) in [6.07, 6.45) is 0.812. The van der Waals surface area contributed by atoms with Crippen molar-refractivity contribution in [2.75, 3.05) is 0 Å². The molecule has 0 spiro atoms. The summed E-state index contributed by atoms with van der Waals surface area (Å²) < 4.78 is 8.17. The van der Waals surface area contributed by atoms with E-state index in [0.717, 1.165) is 35.3 Å². The van der Waals surface area contributed by atoms with E-state index in [4.69, 9.17) is 27.9 Å². The molecular formula is C21H23Cl2N3OS. The zero-order chi connectivity index (χ0) is 20.1. The summed E-state index contributed by atoms with van der Waals surface area (Å²) >= 11 is 13.8. The van der Waals surface area contributed by atoms with Gasteiger partial charge in [-0.15, -0.1) is 10.2 Å². The van der Waals surface area contributed by atoms with Crippen molar-refractivity contribution in [3.8, 4) is 5.75 Å². The lowest BCUT2D eigenvalue weighted by Crippen LogP contribution is -2.12. The van der Waals surface area contributed by atoms with Gasteiger partial charge < -0.3 is 9.30 Å². The van der Waals surface area contributed by atoms with E-state index >= 15 is 0 Å². The molecule has 0 amide bonds. The Hall–Kier alpha value is -1.69. The molecule has 0 aliphatic rings. The standard InChI is InChI=1S/C21H23Cl2N3OS/c1-4-15-6-10-18(11-7-15)27-14(3)20-24-25-21(26(20)5-2)28-13-16-8-9-17(22)12-19(16)23/h6-12,14H,4-5,13H2,1-3H3. The van der Waals surface area contributed by atoms with Gasteiger partial charge in [-0.2, -0.15) is 0 Å². The van der Waals surface area contributed by atoms with Crippen molar-refractivity contribution in [3.63, 3.8) is 0 Å². The van der Waals surface area contributed by atoms with Gasteiger partial charge in [0.05, 0.1) is 0 Å². The van der Waals surface area contributed by atoms with Gasteiger partial charge in [-0.05, 0) is 55.7 Å². The second kappa shape index (κ2) is 9.68. The Morgan fingerprint density at radius 2 is 1.82 bits per heavy atom. The van der Waals surface area contributed by atoms with Crippen LogP contribution in [0.1, 0.15) is 43.8 Å². The van der Waals surface area contributed by atoms with Gasteiger partial charge in [0.1, 0.15) is 5.75 Å².